The van der Waals surface area contributed by atoms with E-state index in [1.165, 1.54) is 6.42 Å². The highest BCUT2D eigenvalue weighted by molar-refractivity contribution is 6.07. The number of nitrogens with zero attached hydrogens (tertiary/aromatic N) is 2. The lowest BCUT2D eigenvalue weighted by molar-refractivity contribution is 0.244. The van der Waals surface area contributed by atoms with Gasteiger partial charge in [0.2, 0.25) is 0 Å². The molecule has 1 aromatic carbocycles. The molecule has 1 aliphatic heterocycles. The van der Waals surface area contributed by atoms with Gasteiger partial charge in [-0.15, -0.1) is 0 Å². The van der Waals surface area contributed by atoms with Crippen molar-refractivity contribution in [3.05, 3.63) is 40.3 Å². The van der Waals surface area contributed by atoms with E-state index < -0.39 is 0 Å². The van der Waals surface area contributed by atoms with E-state index in [-0.39, 0.29) is 23.6 Å². The van der Waals surface area contributed by atoms with Gasteiger partial charge in [0.25, 0.3) is 5.56 Å². The third-order valence-electron chi connectivity index (χ3n) is 6.41. The predicted octanol–water partition coefficient (Wildman–Crippen LogP) is 3.10. The highest BCUT2D eigenvalue weighted by Crippen LogP contribution is 2.30. The molecule has 3 aromatic rings. The van der Waals surface area contributed by atoms with Crippen LogP contribution in [0.4, 0.5) is 10.5 Å². The average Bonchev–Trinajstić information content (AvgIpc) is 3.14. The summed E-state index contributed by atoms with van der Waals surface area (Å²) in [6.07, 6.45) is 7.58. The number of aromatic amines is 1. The first-order chi connectivity index (χ1) is 14.7. The van der Waals surface area contributed by atoms with Gasteiger partial charge in [-0.1, -0.05) is 25.3 Å². The van der Waals surface area contributed by atoms with Gasteiger partial charge in [0.1, 0.15) is 5.65 Å². The molecule has 1 saturated heterocycles. The molecule has 2 fully saturated rings. The maximum atomic E-state index is 12.6. The number of nitrogens with one attached hydrogen (secondary N) is 4. The highest BCUT2D eigenvalue weighted by Gasteiger charge is 2.22. The first kappa shape index (κ1) is 19.1. The molecule has 2 aliphatic rings. The van der Waals surface area contributed by atoms with Crippen LogP contribution in [0.3, 0.4) is 0 Å². The van der Waals surface area contributed by atoms with E-state index in [4.69, 9.17) is 5.10 Å². The van der Waals surface area contributed by atoms with Gasteiger partial charge in [-0.05, 0) is 50.9 Å². The molecule has 30 heavy (non-hydrogen) atoms. The Balaban J connectivity index is 1.52. The molecule has 0 atom stereocenters. The molecule has 0 spiro atoms. The number of carbonyl (C=O) groups excluding carboxylic acids is 1. The van der Waals surface area contributed by atoms with Crippen LogP contribution in [0.25, 0.3) is 16.6 Å². The molecular formula is C22H28N6O2. The van der Waals surface area contributed by atoms with Crippen LogP contribution in [-0.4, -0.2) is 39.8 Å². The average molecular weight is 409 g/mol. The van der Waals surface area contributed by atoms with Gasteiger partial charge < -0.3 is 20.9 Å². The lowest BCUT2D eigenvalue weighted by Crippen LogP contribution is -2.39. The summed E-state index contributed by atoms with van der Waals surface area (Å²) < 4.78 is 1.85. The monoisotopic (exact) mass is 408 g/mol. The van der Waals surface area contributed by atoms with Gasteiger partial charge in [-0.2, -0.15) is 5.10 Å². The van der Waals surface area contributed by atoms with Gasteiger partial charge in [0.05, 0.1) is 22.3 Å². The summed E-state index contributed by atoms with van der Waals surface area (Å²) in [6, 6.07) is 7.35. The van der Waals surface area contributed by atoms with Crippen molar-refractivity contribution >= 4 is 28.3 Å². The first-order valence-corrected chi connectivity index (χ1v) is 11.0. The minimum Gasteiger partial charge on any atom is -0.335 e. The molecule has 2 aromatic heterocycles. The van der Waals surface area contributed by atoms with Crippen molar-refractivity contribution in [1.29, 1.82) is 0 Å². The number of hydrogen-bond donors (Lipinski definition) is 4. The summed E-state index contributed by atoms with van der Waals surface area (Å²) in [5.74, 6) is 0.288. The van der Waals surface area contributed by atoms with E-state index in [0.717, 1.165) is 68.2 Å². The molecule has 0 radical (unpaired) electrons. The molecule has 8 nitrogen and oxygen atoms in total. The van der Waals surface area contributed by atoms with Crippen molar-refractivity contribution in [2.75, 3.05) is 18.4 Å². The Bertz CT molecular complexity index is 1120. The van der Waals surface area contributed by atoms with E-state index in [1.54, 1.807) is 6.07 Å². The Morgan fingerprint density at radius 3 is 2.70 bits per heavy atom. The van der Waals surface area contributed by atoms with Crippen molar-refractivity contribution in [3.63, 3.8) is 0 Å². The Labute approximate surface area is 174 Å². The van der Waals surface area contributed by atoms with Crippen molar-refractivity contribution in [2.45, 2.75) is 56.9 Å². The molecule has 1 aliphatic carbocycles. The summed E-state index contributed by atoms with van der Waals surface area (Å²) in [5, 5.41) is 15.0. The SMILES string of the molecule is O=C(Nc1cccc2nn3c(C4CCNCC4)cc(=O)[nH]c3c12)NC1CCCCC1. The summed E-state index contributed by atoms with van der Waals surface area (Å²) in [4.78, 5) is 28.1. The summed E-state index contributed by atoms with van der Waals surface area (Å²) in [5.41, 5.74) is 2.85. The molecule has 8 heteroatoms. The number of piperidine rings is 1. The van der Waals surface area contributed by atoms with Gasteiger partial charge in [-0.3, -0.25) is 4.79 Å². The molecule has 3 heterocycles. The van der Waals surface area contributed by atoms with Crippen LogP contribution < -0.4 is 21.5 Å². The Hall–Kier alpha value is -2.87. The normalized spacial score (nSPS) is 18.7. The molecule has 0 bridgehead atoms. The van der Waals surface area contributed by atoms with Crippen LogP contribution >= 0.6 is 0 Å². The van der Waals surface area contributed by atoms with Crippen LogP contribution in [0.5, 0.6) is 0 Å². The second-order valence-electron chi connectivity index (χ2n) is 8.48. The van der Waals surface area contributed by atoms with Crippen molar-refractivity contribution in [1.82, 2.24) is 25.2 Å². The van der Waals surface area contributed by atoms with Crippen molar-refractivity contribution in [2.24, 2.45) is 0 Å². The number of fused-ring (bicyclic) bond motifs is 3. The quantitative estimate of drug-likeness (QED) is 0.535. The van der Waals surface area contributed by atoms with E-state index in [9.17, 15) is 9.59 Å². The summed E-state index contributed by atoms with van der Waals surface area (Å²) >= 11 is 0. The van der Waals surface area contributed by atoms with Crippen LogP contribution in [0.1, 0.15) is 56.6 Å². The van der Waals surface area contributed by atoms with Crippen LogP contribution in [0.2, 0.25) is 0 Å². The molecule has 158 valence electrons. The van der Waals surface area contributed by atoms with Gasteiger partial charge in [0, 0.05) is 18.0 Å². The summed E-state index contributed by atoms with van der Waals surface area (Å²) in [6.45, 7) is 1.88. The largest absolute Gasteiger partial charge is 0.335 e. The molecule has 0 unspecified atom stereocenters. The third kappa shape index (κ3) is 3.67. The number of amides is 2. The lowest BCUT2D eigenvalue weighted by atomic mass is 9.94. The van der Waals surface area contributed by atoms with Gasteiger partial charge in [-0.25, -0.2) is 9.31 Å². The number of carbonyl (C=O) groups is 1. The van der Waals surface area contributed by atoms with Gasteiger partial charge >= 0.3 is 6.03 Å². The molecule has 5 rings (SSSR count). The van der Waals surface area contributed by atoms with E-state index >= 15 is 0 Å². The lowest BCUT2D eigenvalue weighted by Gasteiger charge is -2.23. The Kier molecular flexibility index (Phi) is 5.16. The zero-order chi connectivity index (χ0) is 20.5. The van der Waals surface area contributed by atoms with Crippen LogP contribution in [0.15, 0.2) is 29.1 Å². The number of rotatable bonds is 3. The number of urea groups is 1. The van der Waals surface area contributed by atoms with E-state index in [2.05, 4.69) is 20.9 Å². The second kappa shape index (κ2) is 8.10. The predicted molar refractivity (Wildman–Crippen MR) is 117 cm³/mol. The second-order valence-corrected chi connectivity index (χ2v) is 8.48. The maximum Gasteiger partial charge on any atom is 0.319 e. The van der Waals surface area contributed by atoms with Gasteiger partial charge in [0.15, 0.2) is 0 Å². The Morgan fingerprint density at radius 1 is 1.10 bits per heavy atom. The Morgan fingerprint density at radius 2 is 1.90 bits per heavy atom. The number of hydrogen-bond acceptors (Lipinski definition) is 4. The maximum absolute atomic E-state index is 12.6. The zero-order valence-electron chi connectivity index (χ0n) is 17.0. The number of anilines is 1. The van der Waals surface area contributed by atoms with Crippen LogP contribution in [-0.2, 0) is 0 Å². The fraction of sp³-hybridized carbons (Fsp3) is 0.500. The molecule has 2 amide bonds. The highest BCUT2D eigenvalue weighted by atomic mass is 16.2. The summed E-state index contributed by atoms with van der Waals surface area (Å²) in [7, 11) is 0. The van der Waals surface area contributed by atoms with Crippen molar-refractivity contribution < 1.29 is 4.79 Å². The molecule has 4 N–H and O–H groups in total. The number of aromatic nitrogens is 3. The standard InChI is InChI=1S/C22H28N6O2/c29-19-13-18(14-9-11-23-12-10-14)28-21(26-19)20-16(7-4-8-17(20)27-28)25-22(30)24-15-5-2-1-3-6-15/h4,7-8,13-15,23H,1-3,5-6,9-12H2,(H,26,29)(H2,24,25,30). The smallest absolute Gasteiger partial charge is 0.319 e. The fourth-order valence-electron chi connectivity index (χ4n) is 4.89. The number of benzene rings is 1. The topological polar surface area (TPSA) is 103 Å². The minimum absolute atomic E-state index is 0.140. The van der Waals surface area contributed by atoms with Crippen LogP contribution in [0, 0.1) is 0 Å². The number of H-pyrrole nitrogens is 1. The first-order valence-electron chi connectivity index (χ1n) is 11.0. The molecular weight excluding hydrogens is 380 g/mol. The van der Waals surface area contributed by atoms with E-state index in [0.29, 0.717) is 11.3 Å². The minimum atomic E-state index is -0.203. The fourth-order valence-corrected chi connectivity index (χ4v) is 4.89. The zero-order valence-corrected chi connectivity index (χ0v) is 17.0. The van der Waals surface area contributed by atoms with E-state index in [1.807, 2.05) is 22.7 Å². The third-order valence-corrected chi connectivity index (χ3v) is 6.41. The molecule has 1 saturated carbocycles. The van der Waals surface area contributed by atoms with Crippen molar-refractivity contribution in [3.8, 4) is 0 Å².